The van der Waals surface area contributed by atoms with Gasteiger partial charge in [-0.15, -0.1) is 0 Å². The molecule has 2 aromatic carbocycles. The van der Waals surface area contributed by atoms with Crippen LogP contribution in [0.5, 0.6) is 11.5 Å². The SMILES string of the molecule is O=C(COC(=O)/C=C/c1ccc(Cl)cc1Cl)NCCc1ccc2c(c1)OCCO2. The van der Waals surface area contributed by atoms with Gasteiger partial charge >= 0.3 is 5.97 Å². The van der Waals surface area contributed by atoms with Gasteiger partial charge in [0, 0.05) is 22.7 Å². The van der Waals surface area contributed by atoms with E-state index in [9.17, 15) is 9.59 Å². The third-order valence-electron chi connectivity index (χ3n) is 4.05. The molecule has 0 fully saturated rings. The predicted octanol–water partition coefficient (Wildman–Crippen LogP) is 3.68. The molecule has 8 heteroatoms. The maximum Gasteiger partial charge on any atom is 0.331 e. The molecule has 29 heavy (non-hydrogen) atoms. The number of carbonyl (C=O) groups excluding carboxylic acids is 2. The number of esters is 1. The third kappa shape index (κ3) is 6.41. The van der Waals surface area contributed by atoms with Gasteiger partial charge in [0.2, 0.25) is 0 Å². The van der Waals surface area contributed by atoms with Gasteiger partial charge in [-0.2, -0.15) is 0 Å². The Morgan fingerprint density at radius 1 is 1.07 bits per heavy atom. The maximum atomic E-state index is 11.8. The Bertz CT molecular complexity index is 929. The lowest BCUT2D eigenvalue weighted by Gasteiger charge is -2.18. The molecule has 3 rings (SSSR count). The zero-order valence-electron chi connectivity index (χ0n) is 15.5. The van der Waals surface area contributed by atoms with E-state index in [-0.39, 0.29) is 12.5 Å². The summed E-state index contributed by atoms with van der Waals surface area (Å²) < 4.78 is 15.9. The zero-order valence-corrected chi connectivity index (χ0v) is 17.0. The summed E-state index contributed by atoms with van der Waals surface area (Å²) >= 11 is 11.8. The fourth-order valence-corrected chi connectivity index (χ4v) is 3.09. The second kappa shape index (κ2) is 10.2. The molecule has 0 saturated heterocycles. The monoisotopic (exact) mass is 435 g/mol. The van der Waals surface area contributed by atoms with Gasteiger partial charge in [0.15, 0.2) is 18.1 Å². The highest BCUT2D eigenvalue weighted by molar-refractivity contribution is 6.35. The average Bonchev–Trinajstić information content (AvgIpc) is 2.71. The molecule has 6 nitrogen and oxygen atoms in total. The minimum atomic E-state index is -0.641. The van der Waals surface area contributed by atoms with Crippen molar-refractivity contribution in [1.29, 1.82) is 0 Å². The lowest BCUT2D eigenvalue weighted by atomic mass is 10.1. The van der Waals surface area contributed by atoms with Crippen LogP contribution >= 0.6 is 23.2 Å². The topological polar surface area (TPSA) is 73.9 Å². The first-order chi connectivity index (χ1) is 14.0. The van der Waals surface area contributed by atoms with E-state index < -0.39 is 5.97 Å². The normalized spacial score (nSPS) is 12.6. The molecule has 1 aliphatic rings. The molecule has 0 bridgehead atoms. The number of hydrogen-bond donors (Lipinski definition) is 1. The summed E-state index contributed by atoms with van der Waals surface area (Å²) in [5.74, 6) is 0.414. The summed E-state index contributed by atoms with van der Waals surface area (Å²) in [6.07, 6.45) is 3.32. The lowest BCUT2D eigenvalue weighted by Crippen LogP contribution is -2.30. The van der Waals surface area contributed by atoms with E-state index >= 15 is 0 Å². The maximum absolute atomic E-state index is 11.8. The average molecular weight is 436 g/mol. The van der Waals surface area contributed by atoms with Gasteiger partial charge < -0.3 is 19.5 Å². The first-order valence-electron chi connectivity index (χ1n) is 8.96. The van der Waals surface area contributed by atoms with Crippen LogP contribution in [0.2, 0.25) is 10.0 Å². The van der Waals surface area contributed by atoms with Crippen LogP contribution in [0.1, 0.15) is 11.1 Å². The number of ether oxygens (including phenoxy) is 3. The minimum absolute atomic E-state index is 0.362. The van der Waals surface area contributed by atoms with Crippen molar-refractivity contribution in [3.05, 3.63) is 63.6 Å². The molecule has 1 heterocycles. The molecule has 0 spiro atoms. The van der Waals surface area contributed by atoms with E-state index in [1.54, 1.807) is 18.2 Å². The molecular formula is C21H19Cl2NO5. The Balaban J connectivity index is 1.38. The van der Waals surface area contributed by atoms with E-state index in [1.165, 1.54) is 12.2 Å². The van der Waals surface area contributed by atoms with Crippen molar-refractivity contribution in [1.82, 2.24) is 5.32 Å². The van der Waals surface area contributed by atoms with E-state index in [4.69, 9.17) is 37.4 Å². The van der Waals surface area contributed by atoms with Gasteiger partial charge in [-0.05, 0) is 47.9 Å². The summed E-state index contributed by atoms with van der Waals surface area (Å²) in [5.41, 5.74) is 1.63. The number of benzene rings is 2. The Labute approximate surface area is 178 Å². The molecule has 2 aromatic rings. The number of hydrogen-bond acceptors (Lipinski definition) is 5. The number of fused-ring (bicyclic) bond motifs is 1. The number of carbonyl (C=O) groups is 2. The van der Waals surface area contributed by atoms with Gasteiger partial charge in [-0.25, -0.2) is 4.79 Å². The van der Waals surface area contributed by atoms with Crippen LogP contribution < -0.4 is 14.8 Å². The summed E-state index contributed by atoms with van der Waals surface area (Å²) in [7, 11) is 0. The summed E-state index contributed by atoms with van der Waals surface area (Å²) in [6.45, 7) is 1.12. The summed E-state index contributed by atoms with van der Waals surface area (Å²) in [6, 6.07) is 10.6. The molecule has 0 saturated carbocycles. The molecule has 0 aliphatic carbocycles. The van der Waals surface area contributed by atoms with Crippen molar-refractivity contribution in [3.63, 3.8) is 0 Å². The first-order valence-corrected chi connectivity index (χ1v) is 9.72. The number of amides is 1. The quantitative estimate of drug-likeness (QED) is 0.530. The molecule has 0 atom stereocenters. The second-order valence-electron chi connectivity index (χ2n) is 6.18. The number of rotatable bonds is 7. The molecule has 1 N–H and O–H groups in total. The highest BCUT2D eigenvalue weighted by atomic mass is 35.5. The minimum Gasteiger partial charge on any atom is -0.486 e. The smallest absolute Gasteiger partial charge is 0.331 e. The fourth-order valence-electron chi connectivity index (χ4n) is 2.62. The summed E-state index contributed by atoms with van der Waals surface area (Å²) in [5, 5.41) is 3.63. The molecule has 152 valence electrons. The van der Waals surface area contributed by atoms with Crippen molar-refractivity contribution in [2.45, 2.75) is 6.42 Å². The first kappa shape index (κ1) is 21.0. The van der Waals surface area contributed by atoms with Crippen molar-refractivity contribution >= 4 is 41.2 Å². The Kier molecular flexibility index (Phi) is 7.38. The number of halogens is 2. The van der Waals surface area contributed by atoms with E-state index in [1.807, 2.05) is 18.2 Å². The van der Waals surface area contributed by atoms with Crippen LogP contribution in [0.3, 0.4) is 0 Å². The number of nitrogens with one attached hydrogen (secondary N) is 1. The van der Waals surface area contributed by atoms with E-state index in [2.05, 4.69) is 5.32 Å². The molecule has 1 aliphatic heterocycles. The van der Waals surface area contributed by atoms with Crippen LogP contribution in [0.4, 0.5) is 0 Å². The van der Waals surface area contributed by atoms with Crippen molar-refractivity contribution < 1.29 is 23.8 Å². The van der Waals surface area contributed by atoms with E-state index in [0.29, 0.717) is 47.5 Å². The van der Waals surface area contributed by atoms with Crippen molar-refractivity contribution in [2.75, 3.05) is 26.4 Å². The third-order valence-corrected chi connectivity index (χ3v) is 4.61. The lowest BCUT2D eigenvalue weighted by molar-refractivity contribution is -0.143. The van der Waals surface area contributed by atoms with Crippen LogP contribution in [0, 0.1) is 0 Å². The summed E-state index contributed by atoms with van der Waals surface area (Å²) in [4.78, 5) is 23.6. The molecule has 0 aromatic heterocycles. The van der Waals surface area contributed by atoms with Gasteiger partial charge in [0.1, 0.15) is 13.2 Å². The Morgan fingerprint density at radius 2 is 1.86 bits per heavy atom. The largest absolute Gasteiger partial charge is 0.486 e. The van der Waals surface area contributed by atoms with Crippen LogP contribution in [-0.2, 0) is 20.7 Å². The molecule has 0 unspecified atom stereocenters. The molecule has 1 amide bonds. The van der Waals surface area contributed by atoms with Crippen LogP contribution in [0.25, 0.3) is 6.08 Å². The zero-order chi connectivity index (χ0) is 20.6. The van der Waals surface area contributed by atoms with Crippen molar-refractivity contribution in [2.24, 2.45) is 0 Å². The predicted molar refractivity (Wildman–Crippen MR) is 111 cm³/mol. The second-order valence-corrected chi connectivity index (χ2v) is 7.03. The van der Waals surface area contributed by atoms with Gasteiger partial charge in [0.05, 0.1) is 0 Å². The van der Waals surface area contributed by atoms with Gasteiger partial charge in [-0.1, -0.05) is 35.3 Å². The Hall–Kier alpha value is -2.70. The standard InChI is InChI=1S/C21H19Cl2NO5/c22-16-4-2-15(17(23)12-16)3-6-21(26)29-13-20(25)24-8-7-14-1-5-18-19(11-14)28-10-9-27-18/h1-6,11-12H,7-10,13H2,(H,24,25)/b6-3+. The van der Waals surface area contributed by atoms with Crippen LogP contribution in [0.15, 0.2) is 42.5 Å². The van der Waals surface area contributed by atoms with Gasteiger partial charge in [0.25, 0.3) is 5.91 Å². The van der Waals surface area contributed by atoms with E-state index in [0.717, 1.165) is 11.3 Å². The van der Waals surface area contributed by atoms with Gasteiger partial charge in [-0.3, -0.25) is 4.79 Å². The highest BCUT2D eigenvalue weighted by Crippen LogP contribution is 2.30. The molecule has 0 radical (unpaired) electrons. The molecular weight excluding hydrogens is 417 g/mol. The van der Waals surface area contributed by atoms with Crippen molar-refractivity contribution in [3.8, 4) is 11.5 Å². The van der Waals surface area contributed by atoms with Crippen LogP contribution in [-0.4, -0.2) is 38.2 Å². The fraction of sp³-hybridized carbons (Fsp3) is 0.238. The highest BCUT2D eigenvalue weighted by Gasteiger charge is 2.12. The Morgan fingerprint density at radius 3 is 2.66 bits per heavy atom.